The normalized spacial score (nSPS) is 21.4. The van der Waals surface area contributed by atoms with Crippen LogP contribution in [0.25, 0.3) is 11.4 Å². The van der Waals surface area contributed by atoms with Crippen LogP contribution in [0.15, 0.2) is 46.7 Å². The van der Waals surface area contributed by atoms with Gasteiger partial charge in [0, 0.05) is 32.4 Å². The zero-order valence-corrected chi connectivity index (χ0v) is 18.7. The number of Topliss-reactive ketones (excluding diaryl/α,β-unsaturated/α-hetero) is 1. The second kappa shape index (κ2) is 8.49. The van der Waals surface area contributed by atoms with Crippen molar-refractivity contribution in [3.63, 3.8) is 0 Å². The molecule has 172 valence electrons. The SMILES string of the molecule is Cc1nc2c(C)cccn2c1/C(O)=C1/C(=O)C(=O)N(CCN2CCOCC2)C1c1ccco1. The fourth-order valence-corrected chi connectivity index (χ4v) is 4.66. The highest BCUT2D eigenvalue weighted by atomic mass is 16.5. The van der Waals surface area contributed by atoms with Crippen LogP contribution in [0.4, 0.5) is 0 Å². The predicted molar refractivity (Wildman–Crippen MR) is 120 cm³/mol. The highest BCUT2D eigenvalue weighted by Gasteiger charge is 2.47. The number of hydrogen-bond donors (Lipinski definition) is 1. The molecule has 0 radical (unpaired) electrons. The molecule has 0 aromatic carbocycles. The molecule has 1 atom stereocenters. The molecule has 0 bridgehead atoms. The minimum absolute atomic E-state index is 0.0170. The van der Waals surface area contributed by atoms with Gasteiger partial charge in [0.2, 0.25) is 0 Å². The van der Waals surface area contributed by atoms with Gasteiger partial charge in [0.25, 0.3) is 11.7 Å². The summed E-state index contributed by atoms with van der Waals surface area (Å²) in [6.07, 6.45) is 3.29. The summed E-state index contributed by atoms with van der Waals surface area (Å²) in [5.74, 6) is -1.19. The molecule has 5 heterocycles. The summed E-state index contributed by atoms with van der Waals surface area (Å²) >= 11 is 0. The second-order valence-electron chi connectivity index (χ2n) is 8.39. The summed E-state index contributed by atoms with van der Waals surface area (Å²) in [5.41, 5.74) is 2.61. The number of rotatable bonds is 5. The van der Waals surface area contributed by atoms with E-state index in [0.717, 1.165) is 18.7 Å². The Balaban J connectivity index is 1.59. The van der Waals surface area contributed by atoms with Crippen molar-refractivity contribution in [2.45, 2.75) is 19.9 Å². The van der Waals surface area contributed by atoms with Gasteiger partial charge in [0.1, 0.15) is 23.1 Å². The molecule has 1 unspecified atom stereocenters. The van der Waals surface area contributed by atoms with Crippen LogP contribution < -0.4 is 0 Å². The minimum Gasteiger partial charge on any atom is -0.505 e. The molecule has 2 aliphatic rings. The van der Waals surface area contributed by atoms with Crippen molar-refractivity contribution >= 4 is 23.1 Å². The van der Waals surface area contributed by atoms with Gasteiger partial charge in [0.15, 0.2) is 5.76 Å². The first kappa shape index (κ1) is 21.4. The van der Waals surface area contributed by atoms with Crippen molar-refractivity contribution in [1.82, 2.24) is 19.2 Å². The third-order valence-corrected chi connectivity index (χ3v) is 6.36. The standard InChI is InChI=1S/C24H26N4O5/c1-15-5-3-7-27-19(16(2)25-23(15)27)21(29)18-20(17-6-4-12-33-17)28(24(31)22(18)30)9-8-26-10-13-32-14-11-26/h3-7,12,20,29H,8-11,13-14H2,1-2H3/b21-18-. The number of aryl methyl sites for hydroxylation is 2. The van der Waals surface area contributed by atoms with Crippen LogP contribution in [-0.4, -0.2) is 75.4 Å². The number of morpholine rings is 1. The summed E-state index contributed by atoms with van der Waals surface area (Å²) in [5, 5.41) is 11.4. The van der Waals surface area contributed by atoms with E-state index >= 15 is 0 Å². The number of hydrogen-bond acceptors (Lipinski definition) is 7. The lowest BCUT2D eigenvalue weighted by Crippen LogP contribution is -2.42. The summed E-state index contributed by atoms with van der Waals surface area (Å²) in [7, 11) is 0. The number of carbonyl (C=O) groups excluding carboxylic acids is 2. The van der Waals surface area contributed by atoms with E-state index < -0.39 is 17.7 Å². The lowest BCUT2D eigenvalue weighted by molar-refractivity contribution is -0.140. The highest BCUT2D eigenvalue weighted by Crippen LogP contribution is 2.40. The van der Waals surface area contributed by atoms with Crippen molar-refractivity contribution in [3.05, 3.63) is 65.0 Å². The van der Waals surface area contributed by atoms with Gasteiger partial charge in [-0.1, -0.05) is 6.07 Å². The smallest absolute Gasteiger partial charge is 0.295 e. The highest BCUT2D eigenvalue weighted by molar-refractivity contribution is 6.46. The summed E-state index contributed by atoms with van der Waals surface area (Å²) in [6, 6.07) is 6.40. The van der Waals surface area contributed by atoms with Gasteiger partial charge >= 0.3 is 0 Å². The Labute approximate surface area is 190 Å². The monoisotopic (exact) mass is 450 g/mol. The number of ketones is 1. The zero-order chi connectivity index (χ0) is 23.1. The molecule has 3 aromatic heterocycles. The van der Waals surface area contributed by atoms with Gasteiger partial charge in [-0.3, -0.25) is 18.9 Å². The van der Waals surface area contributed by atoms with Crippen LogP contribution >= 0.6 is 0 Å². The van der Waals surface area contributed by atoms with Crippen LogP contribution in [0, 0.1) is 13.8 Å². The van der Waals surface area contributed by atoms with Gasteiger partial charge in [-0.05, 0) is 37.6 Å². The Morgan fingerprint density at radius 1 is 1.15 bits per heavy atom. The molecule has 9 nitrogen and oxygen atoms in total. The van der Waals surface area contributed by atoms with Gasteiger partial charge in [-0.2, -0.15) is 0 Å². The molecule has 5 rings (SSSR count). The first-order valence-electron chi connectivity index (χ1n) is 11.0. The molecule has 0 spiro atoms. The maximum Gasteiger partial charge on any atom is 0.295 e. The van der Waals surface area contributed by atoms with Crippen LogP contribution in [0.5, 0.6) is 0 Å². The van der Waals surface area contributed by atoms with E-state index in [0.29, 0.717) is 49.1 Å². The average molecular weight is 450 g/mol. The molecule has 9 heteroatoms. The van der Waals surface area contributed by atoms with Gasteiger partial charge < -0.3 is 19.2 Å². The van der Waals surface area contributed by atoms with E-state index in [1.807, 2.05) is 19.1 Å². The van der Waals surface area contributed by atoms with Gasteiger partial charge in [0.05, 0.1) is 30.7 Å². The number of ether oxygens (including phenoxy) is 1. The number of amides is 1. The molecule has 0 aliphatic carbocycles. The minimum atomic E-state index is -0.809. The molecule has 2 fully saturated rings. The van der Waals surface area contributed by atoms with Crippen molar-refractivity contribution in [2.24, 2.45) is 0 Å². The van der Waals surface area contributed by atoms with E-state index in [1.165, 1.54) is 11.2 Å². The predicted octanol–water partition coefficient (Wildman–Crippen LogP) is 2.30. The largest absolute Gasteiger partial charge is 0.505 e. The third-order valence-electron chi connectivity index (χ3n) is 6.36. The number of pyridine rings is 1. The molecule has 3 aromatic rings. The van der Waals surface area contributed by atoms with E-state index in [2.05, 4.69) is 9.88 Å². The number of furan rings is 1. The number of nitrogens with zero attached hydrogens (tertiary/aromatic N) is 4. The Bertz CT molecular complexity index is 1240. The Kier molecular flexibility index (Phi) is 5.51. The fourth-order valence-electron chi connectivity index (χ4n) is 4.66. The van der Waals surface area contributed by atoms with E-state index in [-0.39, 0.29) is 11.3 Å². The van der Waals surface area contributed by atoms with Gasteiger partial charge in [-0.15, -0.1) is 0 Å². The number of likely N-dealkylation sites (tertiary alicyclic amines) is 1. The quantitative estimate of drug-likeness (QED) is 0.362. The Morgan fingerprint density at radius 3 is 2.67 bits per heavy atom. The molecule has 2 aliphatic heterocycles. The van der Waals surface area contributed by atoms with Crippen molar-refractivity contribution in [1.29, 1.82) is 0 Å². The average Bonchev–Trinajstić information content (AvgIpc) is 3.51. The topological polar surface area (TPSA) is 101 Å². The van der Waals surface area contributed by atoms with Crippen LogP contribution in [0.3, 0.4) is 0 Å². The fraction of sp³-hybridized carbons (Fsp3) is 0.375. The first-order chi connectivity index (χ1) is 16.0. The number of carbonyl (C=O) groups is 2. The lowest BCUT2D eigenvalue weighted by Gasteiger charge is -2.30. The van der Waals surface area contributed by atoms with E-state index in [4.69, 9.17) is 9.15 Å². The van der Waals surface area contributed by atoms with E-state index in [9.17, 15) is 14.7 Å². The van der Waals surface area contributed by atoms with Crippen LogP contribution in [0.1, 0.15) is 28.8 Å². The molecular weight excluding hydrogens is 424 g/mol. The lowest BCUT2D eigenvalue weighted by atomic mass is 10.0. The third kappa shape index (κ3) is 3.63. The van der Waals surface area contributed by atoms with Crippen LogP contribution in [-0.2, 0) is 14.3 Å². The Hall–Kier alpha value is -3.43. The molecular formula is C24H26N4O5. The zero-order valence-electron chi connectivity index (χ0n) is 18.7. The molecule has 1 N–H and O–H groups in total. The molecule has 1 amide bonds. The Morgan fingerprint density at radius 2 is 1.94 bits per heavy atom. The summed E-state index contributed by atoms with van der Waals surface area (Å²) < 4.78 is 12.8. The maximum absolute atomic E-state index is 13.2. The number of fused-ring (bicyclic) bond motifs is 1. The van der Waals surface area contributed by atoms with Crippen LogP contribution in [0.2, 0.25) is 0 Å². The van der Waals surface area contributed by atoms with Crippen molar-refractivity contribution < 1.29 is 23.8 Å². The first-order valence-corrected chi connectivity index (χ1v) is 11.0. The summed E-state index contributed by atoms with van der Waals surface area (Å²) in [6.45, 7) is 7.47. The van der Waals surface area contributed by atoms with E-state index in [1.54, 1.807) is 29.7 Å². The second-order valence-corrected chi connectivity index (χ2v) is 8.39. The van der Waals surface area contributed by atoms with Crippen molar-refractivity contribution in [2.75, 3.05) is 39.4 Å². The van der Waals surface area contributed by atoms with Crippen molar-refractivity contribution in [3.8, 4) is 0 Å². The number of aliphatic hydroxyl groups is 1. The molecule has 0 saturated carbocycles. The molecule has 33 heavy (non-hydrogen) atoms. The van der Waals surface area contributed by atoms with Gasteiger partial charge in [-0.25, -0.2) is 4.98 Å². The number of aliphatic hydroxyl groups excluding tert-OH is 1. The number of imidazole rings is 1. The molecule has 2 saturated heterocycles. The maximum atomic E-state index is 13.2. The number of aromatic nitrogens is 2. The summed E-state index contributed by atoms with van der Waals surface area (Å²) in [4.78, 5) is 34.6.